The summed E-state index contributed by atoms with van der Waals surface area (Å²) in [6.07, 6.45) is 2.99. The van der Waals surface area contributed by atoms with Gasteiger partial charge in [-0.3, -0.25) is 0 Å². The number of aryl methyl sites for hydroxylation is 1. The number of anilines is 2. The van der Waals surface area contributed by atoms with Crippen molar-refractivity contribution in [2.75, 3.05) is 24.3 Å². The molecule has 1 aromatic carbocycles. The molecule has 2 N–H and O–H groups in total. The summed E-state index contributed by atoms with van der Waals surface area (Å²) in [5.74, 6) is 1.65. The molecule has 29 heavy (non-hydrogen) atoms. The summed E-state index contributed by atoms with van der Waals surface area (Å²) in [6, 6.07) is 5.35. The van der Waals surface area contributed by atoms with Crippen LogP contribution in [0.3, 0.4) is 0 Å². The first-order valence-corrected chi connectivity index (χ1v) is 11.3. The Bertz CT molecular complexity index is 979. The fourth-order valence-electron chi connectivity index (χ4n) is 3.35. The van der Waals surface area contributed by atoms with Crippen molar-refractivity contribution in [3.63, 3.8) is 0 Å². The number of nitrogens with one attached hydrogen (secondary N) is 2. The molecular formula is C19H25ClFN5O2S. The van der Waals surface area contributed by atoms with Gasteiger partial charge in [0.25, 0.3) is 0 Å². The van der Waals surface area contributed by atoms with Crippen molar-refractivity contribution >= 4 is 33.3 Å². The van der Waals surface area contributed by atoms with Gasteiger partial charge < -0.3 is 10.2 Å². The van der Waals surface area contributed by atoms with Gasteiger partial charge in [-0.05, 0) is 50.8 Å². The van der Waals surface area contributed by atoms with E-state index in [2.05, 4.69) is 20.0 Å². The summed E-state index contributed by atoms with van der Waals surface area (Å²) >= 11 is 5.71. The van der Waals surface area contributed by atoms with Gasteiger partial charge in [-0.25, -0.2) is 27.5 Å². The lowest BCUT2D eigenvalue weighted by Crippen LogP contribution is -2.40. The zero-order valence-electron chi connectivity index (χ0n) is 16.6. The third kappa shape index (κ3) is 5.55. The zero-order valence-corrected chi connectivity index (χ0v) is 18.2. The molecule has 1 aliphatic rings. The van der Waals surface area contributed by atoms with Crippen LogP contribution in [0.1, 0.15) is 31.5 Å². The van der Waals surface area contributed by atoms with Crippen molar-refractivity contribution in [1.82, 2.24) is 14.7 Å². The first kappa shape index (κ1) is 21.7. The van der Waals surface area contributed by atoms with Crippen LogP contribution in [0.15, 0.2) is 29.2 Å². The van der Waals surface area contributed by atoms with Crippen molar-refractivity contribution in [1.29, 1.82) is 0 Å². The van der Waals surface area contributed by atoms with E-state index in [9.17, 15) is 12.8 Å². The SMILES string of the molecule is Cc1nc(NC2CCC(NS(=O)(=O)c3ccc(F)c(Cl)c3)CC2)cc(N(C)C)n1. The highest BCUT2D eigenvalue weighted by molar-refractivity contribution is 7.89. The maximum Gasteiger partial charge on any atom is 0.240 e. The molecule has 0 radical (unpaired) electrons. The van der Waals surface area contributed by atoms with Gasteiger partial charge >= 0.3 is 0 Å². The van der Waals surface area contributed by atoms with Crippen molar-refractivity contribution in [2.24, 2.45) is 0 Å². The second kappa shape index (κ2) is 8.81. The average Bonchev–Trinajstić information content (AvgIpc) is 2.64. The average molecular weight is 442 g/mol. The second-order valence-electron chi connectivity index (χ2n) is 7.44. The van der Waals surface area contributed by atoms with E-state index in [4.69, 9.17) is 11.6 Å². The molecule has 1 heterocycles. The van der Waals surface area contributed by atoms with Gasteiger partial charge in [0.05, 0.1) is 9.92 Å². The molecule has 0 bridgehead atoms. The molecule has 0 aliphatic heterocycles. The van der Waals surface area contributed by atoms with E-state index in [1.54, 1.807) is 0 Å². The summed E-state index contributed by atoms with van der Waals surface area (Å²) in [5, 5.41) is 3.22. The summed E-state index contributed by atoms with van der Waals surface area (Å²) in [4.78, 5) is 10.7. The summed E-state index contributed by atoms with van der Waals surface area (Å²) < 4.78 is 41.1. The smallest absolute Gasteiger partial charge is 0.240 e. The van der Waals surface area contributed by atoms with Crippen molar-refractivity contribution in [3.05, 3.63) is 40.9 Å². The molecule has 158 valence electrons. The van der Waals surface area contributed by atoms with Gasteiger partial charge in [0.2, 0.25) is 10.0 Å². The number of halogens is 2. The molecule has 0 spiro atoms. The number of rotatable bonds is 6. The summed E-state index contributed by atoms with van der Waals surface area (Å²) in [5.41, 5.74) is 0. The normalized spacial score (nSPS) is 19.8. The Kier molecular flexibility index (Phi) is 6.60. The van der Waals surface area contributed by atoms with E-state index >= 15 is 0 Å². The van der Waals surface area contributed by atoms with Crippen LogP contribution in [0.2, 0.25) is 5.02 Å². The molecule has 1 aromatic heterocycles. The molecular weight excluding hydrogens is 417 g/mol. The second-order valence-corrected chi connectivity index (χ2v) is 9.56. The van der Waals surface area contributed by atoms with E-state index in [1.165, 1.54) is 6.07 Å². The first-order chi connectivity index (χ1) is 13.6. The van der Waals surface area contributed by atoms with E-state index in [1.807, 2.05) is 32.0 Å². The molecule has 3 rings (SSSR count). The lowest BCUT2D eigenvalue weighted by Gasteiger charge is -2.30. The largest absolute Gasteiger partial charge is 0.367 e. The van der Waals surface area contributed by atoms with Crippen LogP contribution in [0, 0.1) is 12.7 Å². The minimum Gasteiger partial charge on any atom is -0.367 e. The van der Waals surface area contributed by atoms with E-state index in [-0.39, 0.29) is 22.0 Å². The Morgan fingerprint density at radius 3 is 2.38 bits per heavy atom. The quantitative estimate of drug-likeness (QED) is 0.714. The highest BCUT2D eigenvalue weighted by atomic mass is 35.5. The van der Waals surface area contributed by atoms with Gasteiger partial charge in [0.15, 0.2) is 0 Å². The van der Waals surface area contributed by atoms with Crippen LogP contribution in [0.25, 0.3) is 0 Å². The Morgan fingerprint density at radius 2 is 1.76 bits per heavy atom. The Morgan fingerprint density at radius 1 is 1.10 bits per heavy atom. The predicted octanol–water partition coefficient (Wildman–Crippen LogP) is 3.35. The molecule has 1 saturated carbocycles. The third-order valence-corrected chi connectivity index (χ3v) is 6.69. The summed E-state index contributed by atoms with van der Waals surface area (Å²) in [7, 11) is 0.112. The number of hydrogen-bond acceptors (Lipinski definition) is 6. The lowest BCUT2D eigenvalue weighted by atomic mass is 9.92. The minimum atomic E-state index is -3.74. The molecule has 0 saturated heterocycles. The molecule has 1 aliphatic carbocycles. The fraction of sp³-hybridized carbons (Fsp3) is 0.474. The number of benzene rings is 1. The third-order valence-electron chi connectivity index (χ3n) is 4.88. The van der Waals surface area contributed by atoms with E-state index in [0.29, 0.717) is 18.7 Å². The van der Waals surface area contributed by atoms with Gasteiger partial charge in [-0.15, -0.1) is 0 Å². The molecule has 1 fully saturated rings. The molecule has 0 unspecified atom stereocenters. The molecule has 2 aromatic rings. The number of sulfonamides is 1. The molecule has 7 nitrogen and oxygen atoms in total. The number of aromatic nitrogens is 2. The Hall–Kier alpha value is -1.97. The van der Waals surface area contributed by atoms with Crippen LogP contribution in [-0.2, 0) is 10.0 Å². The Balaban J connectivity index is 1.58. The fourth-order valence-corrected chi connectivity index (χ4v) is 4.93. The zero-order chi connectivity index (χ0) is 21.2. The highest BCUT2D eigenvalue weighted by Gasteiger charge is 2.26. The summed E-state index contributed by atoms with van der Waals surface area (Å²) in [6.45, 7) is 1.85. The van der Waals surface area contributed by atoms with Crippen LogP contribution >= 0.6 is 11.6 Å². The lowest BCUT2D eigenvalue weighted by molar-refractivity contribution is 0.387. The van der Waals surface area contributed by atoms with Crippen LogP contribution in [-0.4, -0.2) is 44.6 Å². The highest BCUT2D eigenvalue weighted by Crippen LogP contribution is 2.25. The standard InChI is InChI=1S/C19H25ClFN5O2S/c1-12-22-18(11-19(23-12)26(2)3)24-13-4-6-14(7-5-13)25-29(27,28)15-8-9-17(21)16(20)10-15/h8-11,13-14,25H,4-7H2,1-3H3,(H,22,23,24). The van der Waals surface area contributed by atoms with Gasteiger partial charge in [-0.2, -0.15) is 0 Å². The van der Waals surface area contributed by atoms with Gasteiger partial charge in [0, 0.05) is 32.2 Å². The predicted molar refractivity (Wildman–Crippen MR) is 112 cm³/mol. The maximum absolute atomic E-state index is 13.3. The van der Waals surface area contributed by atoms with Gasteiger partial charge in [0.1, 0.15) is 23.3 Å². The maximum atomic E-state index is 13.3. The first-order valence-electron chi connectivity index (χ1n) is 9.41. The van der Waals surface area contributed by atoms with Crippen molar-refractivity contribution < 1.29 is 12.8 Å². The molecule has 0 atom stereocenters. The minimum absolute atomic E-state index is 0.0307. The van der Waals surface area contributed by atoms with Crippen molar-refractivity contribution in [3.8, 4) is 0 Å². The molecule has 10 heteroatoms. The topological polar surface area (TPSA) is 87.2 Å². The van der Waals surface area contributed by atoms with Crippen LogP contribution in [0.4, 0.5) is 16.0 Å². The monoisotopic (exact) mass is 441 g/mol. The van der Waals surface area contributed by atoms with E-state index in [0.717, 1.165) is 36.6 Å². The number of nitrogens with zero attached hydrogens (tertiary/aromatic N) is 3. The van der Waals surface area contributed by atoms with Gasteiger partial charge in [-0.1, -0.05) is 11.6 Å². The number of hydrogen-bond donors (Lipinski definition) is 2. The van der Waals surface area contributed by atoms with Crippen molar-refractivity contribution in [2.45, 2.75) is 49.6 Å². The van der Waals surface area contributed by atoms with Crippen LogP contribution in [0.5, 0.6) is 0 Å². The van der Waals surface area contributed by atoms with Crippen LogP contribution < -0.4 is 14.9 Å². The van der Waals surface area contributed by atoms with E-state index < -0.39 is 15.8 Å². The Labute approximate surface area is 175 Å². The molecule has 0 amide bonds.